The first-order valence-corrected chi connectivity index (χ1v) is 7.52. The fourth-order valence-corrected chi connectivity index (χ4v) is 2.13. The van der Waals surface area contributed by atoms with Crippen molar-refractivity contribution in [1.82, 2.24) is 25.0 Å². The molecular formula is C16H23N5O2. The Bertz CT molecular complexity index is 666. The molecule has 2 N–H and O–H groups in total. The number of hydrogen-bond donors (Lipinski definition) is 2. The van der Waals surface area contributed by atoms with Crippen LogP contribution in [-0.2, 0) is 6.54 Å². The molecule has 0 aromatic carbocycles. The Balaban J connectivity index is 1.98. The van der Waals surface area contributed by atoms with Crippen molar-refractivity contribution in [2.24, 2.45) is 0 Å². The molecule has 23 heavy (non-hydrogen) atoms. The summed E-state index contributed by atoms with van der Waals surface area (Å²) in [4.78, 5) is 17.8. The van der Waals surface area contributed by atoms with Crippen molar-refractivity contribution in [2.45, 2.75) is 33.4 Å². The molecule has 0 aliphatic carbocycles. The third-order valence-corrected chi connectivity index (χ3v) is 3.73. The maximum atomic E-state index is 11.9. The molecule has 1 unspecified atom stereocenters. The molecule has 2 heterocycles. The Morgan fingerprint density at radius 2 is 2.17 bits per heavy atom. The predicted octanol–water partition coefficient (Wildman–Crippen LogP) is 1.41. The number of nitrogens with zero attached hydrogens (tertiary/aromatic N) is 4. The molecule has 2 amide bonds. The van der Waals surface area contributed by atoms with Gasteiger partial charge in [-0.15, -0.1) is 0 Å². The molecule has 7 heteroatoms. The Morgan fingerprint density at radius 1 is 1.43 bits per heavy atom. The zero-order valence-electron chi connectivity index (χ0n) is 13.9. The van der Waals surface area contributed by atoms with Gasteiger partial charge in [-0.1, -0.05) is 6.07 Å². The average Bonchev–Trinajstić information content (AvgIpc) is 2.90. The van der Waals surface area contributed by atoms with E-state index in [9.17, 15) is 4.79 Å². The third kappa shape index (κ3) is 4.07. The van der Waals surface area contributed by atoms with Gasteiger partial charge in [-0.05, 0) is 38.5 Å². The smallest absolute Gasteiger partial charge is 0.317 e. The second kappa shape index (κ2) is 7.23. The van der Waals surface area contributed by atoms with Gasteiger partial charge in [-0.25, -0.2) is 14.5 Å². The summed E-state index contributed by atoms with van der Waals surface area (Å²) < 4.78 is 1.79. The number of aliphatic hydroxyl groups excluding tert-OH is 1. The number of nitrogens with one attached hydrogen (secondary N) is 1. The Kier molecular flexibility index (Phi) is 5.33. The fraction of sp³-hybridized carbons (Fsp3) is 0.438. The van der Waals surface area contributed by atoms with Crippen LogP contribution in [0.2, 0.25) is 0 Å². The van der Waals surface area contributed by atoms with Gasteiger partial charge in [0, 0.05) is 25.5 Å². The van der Waals surface area contributed by atoms with E-state index in [4.69, 9.17) is 5.11 Å². The van der Waals surface area contributed by atoms with Gasteiger partial charge in [0.1, 0.15) is 0 Å². The Hall–Kier alpha value is -2.41. The number of rotatable bonds is 5. The van der Waals surface area contributed by atoms with E-state index in [2.05, 4.69) is 15.4 Å². The minimum absolute atomic E-state index is 0.0667. The highest BCUT2D eigenvalue weighted by Crippen LogP contribution is 2.10. The van der Waals surface area contributed by atoms with E-state index in [1.807, 2.05) is 32.0 Å². The van der Waals surface area contributed by atoms with Crippen molar-refractivity contribution in [2.75, 3.05) is 13.7 Å². The van der Waals surface area contributed by atoms with Crippen LogP contribution in [0.5, 0.6) is 0 Å². The van der Waals surface area contributed by atoms with Gasteiger partial charge in [0.05, 0.1) is 18.3 Å². The first kappa shape index (κ1) is 17.0. The number of aromatic nitrogens is 3. The lowest BCUT2D eigenvalue weighted by Crippen LogP contribution is -2.43. The molecule has 0 radical (unpaired) electrons. The van der Waals surface area contributed by atoms with E-state index in [0.717, 1.165) is 22.8 Å². The monoisotopic (exact) mass is 317 g/mol. The molecule has 1 atom stereocenters. The molecule has 0 saturated carbocycles. The van der Waals surface area contributed by atoms with E-state index >= 15 is 0 Å². The van der Waals surface area contributed by atoms with Crippen LogP contribution in [0.1, 0.15) is 23.9 Å². The number of urea groups is 1. The minimum atomic E-state index is -0.228. The molecule has 0 saturated heterocycles. The number of hydrogen-bond acceptors (Lipinski definition) is 4. The van der Waals surface area contributed by atoms with Crippen molar-refractivity contribution in [3.8, 4) is 5.82 Å². The molecule has 0 spiro atoms. The number of pyridine rings is 1. The highest BCUT2D eigenvalue weighted by molar-refractivity contribution is 5.74. The van der Waals surface area contributed by atoms with Crippen molar-refractivity contribution >= 4 is 6.03 Å². The van der Waals surface area contributed by atoms with Crippen molar-refractivity contribution in [3.63, 3.8) is 0 Å². The van der Waals surface area contributed by atoms with Gasteiger partial charge in [0.2, 0.25) is 0 Å². The van der Waals surface area contributed by atoms with Crippen LogP contribution in [0.25, 0.3) is 5.82 Å². The molecule has 0 aliphatic heterocycles. The Labute approximate surface area is 136 Å². The van der Waals surface area contributed by atoms with Crippen LogP contribution in [0, 0.1) is 13.8 Å². The third-order valence-electron chi connectivity index (χ3n) is 3.73. The highest BCUT2D eigenvalue weighted by Gasteiger charge is 2.14. The quantitative estimate of drug-likeness (QED) is 0.873. The topological polar surface area (TPSA) is 83.3 Å². The summed E-state index contributed by atoms with van der Waals surface area (Å²) in [6, 6.07) is 5.33. The first-order valence-electron chi connectivity index (χ1n) is 7.52. The SMILES string of the molecule is Cc1cc(C)n(-c2ccc(CNC(=O)N(C)C(C)CO)cn2)n1. The predicted molar refractivity (Wildman–Crippen MR) is 87.4 cm³/mol. The first-order chi connectivity index (χ1) is 10.9. The summed E-state index contributed by atoms with van der Waals surface area (Å²) >= 11 is 0. The largest absolute Gasteiger partial charge is 0.394 e. The molecular weight excluding hydrogens is 294 g/mol. The molecule has 7 nitrogen and oxygen atoms in total. The van der Waals surface area contributed by atoms with Crippen LogP contribution >= 0.6 is 0 Å². The van der Waals surface area contributed by atoms with Gasteiger partial charge in [0.25, 0.3) is 0 Å². The lowest BCUT2D eigenvalue weighted by molar-refractivity contribution is 0.157. The van der Waals surface area contributed by atoms with Crippen molar-refractivity contribution in [3.05, 3.63) is 41.3 Å². The summed E-state index contributed by atoms with van der Waals surface area (Å²) in [5.41, 5.74) is 2.87. The molecule has 2 aromatic rings. The number of carbonyl (C=O) groups is 1. The zero-order chi connectivity index (χ0) is 17.0. The maximum Gasteiger partial charge on any atom is 0.317 e. The van der Waals surface area contributed by atoms with Gasteiger partial charge in [-0.2, -0.15) is 5.10 Å². The molecule has 2 aromatic heterocycles. The molecule has 0 bridgehead atoms. The van der Waals surface area contributed by atoms with Gasteiger partial charge < -0.3 is 15.3 Å². The fourth-order valence-electron chi connectivity index (χ4n) is 2.13. The summed E-state index contributed by atoms with van der Waals surface area (Å²) in [5, 5.41) is 16.3. The van der Waals surface area contributed by atoms with Gasteiger partial charge in [-0.3, -0.25) is 0 Å². The second-order valence-corrected chi connectivity index (χ2v) is 5.66. The molecule has 124 valence electrons. The number of carbonyl (C=O) groups excluding carboxylic acids is 1. The van der Waals surface area contributed by atoms with Crippen LogP contribution < -0.4 is 5.32 Å². The highest BCUT2D eigenvalue weighted by atomic mass is 16.3. The molecule has 0 fully saturated rings. The lowest BCUT2D eigenvalue weighted by Gasteiger charge is -2.23. The summed E-state index contributed by atoms with van der Waals surface area (Å²) in [6.45, 7) is 6.02. The van der Waals surface area contributed by atoms with Crippen LogP contribution in [0.15, 0.2) is 24.4 Å². The average molecular weight is 317 g/mol. The lowest BCUT2D eigenvalue weighted by atomic mass is 10.3. The number of likely N-dealkylation sites (N-methyl/N-ethyl adjacent to an activating group) is 1. The van der Waals surface area contributed by atoms with Crippen LogP contribution in [0.4, 0.5) is 4.79 Å². The molecule has 2 rings (SSSR count). The van der Waals surface area contributed by atoms with E-state index in [0.29, 0.717) is 6.54 Å². The van der Waals surface area contributed by atoms with Crippen molar-refractivity contribution in [1.29, 1.82) is 0 Å². The second-order valence-electron chi connectivity index (χ2n) is 5.66. The van der Waals surface area contributed by atoms with Crippen molar-refractivity contribution < 1.29 is 9.90 Å². The summed E-state index contributed by atoms with van der Waals surface area (Å²) in [5.74, 6) is 0.747. The number of amides is 2. The van der Waals surface area contributed by atoms with Crippen LogP contribution in [0.3, 0.4) is 0 Å². The standard InChI is InChI=1S/C16H23N5O2/c1-11-7-12(2)21(19-11)15-6-5-14(8-17-15)9-18-16(23)20(4)13(3)10-22/h5-8,13,22H,9-10H2,1-4H3,(H,18,23). The zero-order valence-corrected chi connectivity index (χ0v) is 13.9. The Morgan fingerprint density at radius 3 is 2.70 bits per heavy atom. The van der Waals surface area contributed by atoms with Gasteiger partial charge >= 0.3 is 6.03 Å². The van der Waals surface area contributed by atoms with E-state index in [1.54, 1.807) is 24.9 Å². The van der Waals surface area contributed by atoms with Gasteiger partial charge in [0.15, 0.2) is 5.82 Å². The van der Waals surface area contributed by atoms with E-state index < -0.39 is 0 Å². The minimum Gasteiger partial charge on any atom is -0.394 e. The molecule has 0 aliphatic rings. The number of aryl methyl sites for hydroxylation is 2. The van der Waals surface area contributed by atoms with E-state index in [-0.39, 0.29) is 18.7 Å². The van der Waals surface area contributed by atoms with E-state index in [1.165, 1.54) is 4.90 Å². The summed E-state index contributed by atoms with van der Waals surface area (Å²) in [6.07, 6.45) is 1.72. The normalized spacial score (nSPS) is 12.0. The summed E-state index contributed by atoms with van der Waals surface area (Å²) in [7, 11) is 1.65. The number of aliphatic hydroxyl groups is 1. The van der Waals surface area contributed by atoms with Crippen LogP contribution in [-0.4, -0.2) is 50.5 Å². The maximum absolute atomic E-state index is 11.9.